The monoisotopic (exact) mass is 315 g/mol. The predicted molar refractivity (Wildman–Crippen MR) is 89.7 cm³/mol. The summed E-state index contributed by atoms with van der Waals surface area (Å²) in [7, 11) is 5.41. The Hall–Kier alpha value is -1.43. The number of Topliss-reactive ketones (excluding diaryl/α,β-unsaturated/α-hetero) is 1. The van der Waals surface area contributed by atoms with Gasteiger partial charge in [0.05, 0.1) is 0 Å². The summed E-state index contributed by atoms with van der Waals surface area (Å²) in [5, 5.41) is 2.77. The molecule has 0 aliphatic rings. The molecule has 0 aliphatic carbocycles. The van der Waals surface area contributed by atoms with Crippen LogP contribution in [0.3, 0.4) is 0 Å². The third-order valence-corrected chi connectivity index (χ3v) is 2.97. The molecule has 1 N–H and O–H groups in total. The zero-order valence-electron chi connectivity index (χ0n) is 15.2. The van der Waals surface area contributed by atoms with E-state index in [1.54, 1.807) is 7.05 Å². The van der Waals surface area contributed by atoms with E-state index in [0.29, 0.717) is 19.5 Å². The Morgan fingerprint density at radius 1 is 1.09 bits per heavy atom. The molecule has 0 fully saturated rings. The molecule has 0 heterocycles. The van der Waals surface area contributed by atoms with E-state index in [1.807, 2.05) is 39.8 Å². The van der Waals surface area contributed by atoms with Crippen LogP contribution in [0, 0.1) is 0 Å². The van der Waals surface area contributed by atoms with Gasteiger partial charge in [0, 0.05) is 33.0 Å². The van der Waals surface area contributed by atoms with E-state index in [-0.39, 0.29) is 24.0 Å². The lowest BCUT2D eigenvalue weighted by Gasteiger charge is -2.27. The fourth-order valence-electron chi connectivity index (χ4n) is 1.76. The molecule has 0 aromatic rings. The second-order valence-electron chi connectivity index (χ2n) is 5.27. The molecule has 0 aromatic carbocycles. The Balaban J connectivity index is 0. The number of hydrogen-bond donors (Lipinski definition) is 1. The molecule has 0 radical (unpaired) electrons. The van der Waals surface area contributed by atoms with Crippen LogP contribution in [0.4, 0.5) is 0 Å². The molecular formula is C16H33N3O3. The number of rotatable bonds is 9. The van der Waals surface area contributed by atoms with Crippen molar-refractivity contribution in [2.45, 2.75) is 53.0 Å². The summed E-state index contributed by atoms with van der Waals surface area (Å²) >= 11 is 0. The minimum absolute atomic E-state index is 0.0553. The standard InChI is InChI=1S/C14H27N3O3.C2H6/c1-6-7-13(19)17(5)12(10-11(2)18)14(20)15-8-9-16(3)4;1-2/h12H,6-10H2,1-5H3,(H,15,20);1-2H3. The summed E-state index contributed by atoms with van der Waals surface area (Å²) in [6, 6.07) is -0.714. The van der Waals surface area contributed by atoms with Gasteiger partial charge in [0.2, 0.25) is 11.8 Å². The number of carbonyl (C=O) groups excluding carboxylic acids is 3. The first-order chi connectivity index (χ1) is 10.3. The van der Waals surface area contributed by atoms with E-state index in [0.717, 1.165) is 6.42 Å². The molecule has 1 unspecified atom stereocenters. The van der Waals surface area contributed by atoms with Gasteiger partial charge in [-0.1, -0.05) is 20.8 Å². The highest BCUT2D eigenvalue weighted by molar-refractivity contribution is 5.91. The Labute approximate surface area is 135 Å². The van der Waals surface area contributed by atoms with Crippen molar-refractivity contribution in [3.63, 3.8) is 0 Å². The smallest absolute Gasteiger partial charge is 0.243 e. The van der Waals surface area contributed by atoms with E-state index in [9.17, 15) is 14.4 Å². The first kappa shape index (κ1) is 22.8. The zero-order valence-corrected chi connectivity index (χ0v) is 15.2. The maximum atomic E-state index is 12.1. The average molecular weight is 315 g/mol. The molecule has 1 atom stereocenters. The van der Waals surface area contributed by atoms with Crippen LogP contribution in [0.5, 0.6) is 0 Å². The van der Waals surface area contributed by atoms with E-state index in [1.165, 1.54) is 11.8 Å². The van der Waals surface area contributed by atoms with Crippen molar-refractivity contribution in [3.8, 4) is 0 Å². The van der Waals surface area contributed by atoms with Crippen LogP contribution >= 0.6 is 0 Å². The minimum Gasteiger partial charge on any atom is -0.353 e. The molecule has 0 saturated heterocycles. The van der Waals surface area contributed by atoms with Crippen LogP contribution in [-0.2, 0) is 14.4 Å². The van der Waals surface area contributed by atoms with Gasteiger partial charge >= 0.3 is 0 Å². The van der Waals surface area contributed by atoms with Crippen molar-refractivity contribution < 1.29 is 14.4 Å². The lowest BCUT2D eigenvalue weighted by Crippen LogP contribution is -2.49. The van der Waals surface area contributed by atoms with Crippen molar-refractivity contribution >= 4 is 17.6 Å². The fraction of sp³-hybridized carbons (Fsp3) is 0.812. The van der Waals surface area contributed by atoms with E-state index in [2.05, 4.69) is 5.32 Å². The van der Waals surface area contributed by atoms with Crippen molar-refractivity contribution in [1.82, 2.24) is 15.1 Å². The highest BCUT2D eigenvalue weighted by Gasteiger charge is 2.27. The Kier molecular flexibility index (Phi) is 13.8. The Morgan fingerprint density at radius 3 is 2.05 bits per heavy atom. The van der Waals surface area contributed by atoms with Crippen LogP contribution in [0.1, 0.15) is 47.0 Å². The van der Waals surface area contributed by atoms with Crippen molar-refractivity contribution in [1.29, 1.82) is 0 Å². The number of hydrogen-bond acceptors (Lipinski definition) is 4. The SMILES string of the molecule is CC.CCCC(=O)N(C)C(CC(C)=O)C(=O)NCCN(C)C. The number of likely N-dealkylation sites (N-methyl/N-ethyl adjacent to an activating group) is 2. The van der Waals surface area contributed by atoms with Crippen LogP contribution < -0.4 is 5.32 Å². The van der Waals surface area contributed by atoms with Crippen molar-refractivity contribution in [2.75, 3.05) is 34.2 Å². The Bertz CT molecular complexity index is 344. The maximum Gasteiger partial charge on any atom is 0.243 e. The molecular weight excluding hydrogens is 282 g/mol. The van der Waals surface area contributed by atoms with Crippen molar-refractivity contribution in [3.05, 3.63) is 0 Å². The Morgan fingerprint density at radius 2 is 1.64 bits per heavy atom. The van der Waals surface area contributed by atoms with Gasteiger partial charge in [0.1, 0.15) is 11.8 Å². The molecule has 0 aromatic heterocycles. The lowest BCUT2D eigenvalue weighted by molar-refractivity contribution is -0.140. The summed E-state index contributed by atoms with van der Waals surface area (Å²) in [6.45, 7) is 8.54. The maximum absolute atomic E-state index is 12.1. The first-order valence-electron chi connectivity index (χ1n) is 7.97. The summed E-state index contributed by atoms with van der Waals surface area (Å²) < 4.78 is 0. The predicted octanol–water partition coefficient (Wildman–Crippen LogP) is 1.30. The molecule has 0 spiro atoms. The van der Waals surface area contributed by atoms with Crippen LogP contribution in [0.25, 0.3) is 0 Å². The first-order valence-corrected chi connectivity index (χ1v) is 7.97. The molecule has 0 rings (SSSR count). The van der Waals surface area contributed by atoms with Gasteiger partial charge in [0.15, 0.2) is 0 Å². The van der Waals surface area contributed by atoms with Gasteiger partial charge in [0.25, 0.3) is 0 Å². The molecule has 6 nitrogen and oxygen atoms in total. The van der Waals surface area contributed by atoms with Gasteiger partial charge < -0.3 is 15.1 Å². The highest BCUT2D eigenvalue weighted by atomic mass is 16.2. The van der Waals surface area contributed by atoms with Gasteiger partial charge in [-0.15, -0.1) is 0 Å². The van der Waals surface area contributed by atoms with E-state index >= 15 is 0 Å². The minimum atomic E-state index is -0.714. The molecule has 6 heteroatoms. The number of carbonyl (C=O) groups is 3. The topological polar surface area (TPSA) is 69.7 Å². The molecule has 0 saturated carbocycles. The number of nitrogens with one attached hydrogen (secondary N) is 1. The largest absolute Gasteiger partial charge is 0.353 e. The van der Waals surface area contributed by atoms with Gasteiger partial charge in [-0.2, -0.15) is 0 Å². The lowest BCUT2D eigenvalue weighted by atomic mass is 10.1. The van der Waals surface area contributed by atoms with Gasteiger partial charge in [-0.25, -0.2) is 0 Å². The average Bonchev–Trinajstić information content (AvgIpc) is 2.45. The van der Waals surface area contributed by atoms with E-state index in [4.69, 9.17) is 0 Å². The number of nitrogens with zero attached hydrogens (tertiary/aromatic N) is 2. The van der Waals surface area contributed by atoms with Gasteiger partial charge in [-0.05, 0) is 27.4 Å². The van der Waals surface area contributed by atoms with E-state index < -0.39 is 6.04 Å². The quantitative estimate of drug-likeness (QED) is 0.696. The van der Waals surface area contributed by atoms with Crippen LogP contribution in [0.15, 0.2) is 0 Å². The fourth-order valence-corrected chi connectivity index (χ4v) is 1.76. The van der Waals surface area contributed by atoms with Crippen LogP contribution in [0.2, 0.25) is 0 Å². The molecule has 2 amide bonds. The third kappa shape index (κ3) is 10.3. The van der Waals surface area contributed by atoms with Crippen molar-refractivity contribution in [2.24, 2.45) is 0 Å². The normalized spacial score (nSPS) is 11.3. The van der Waals surface area contributed by atoms with Gasteiger partial charge in [-0.3, -0.25) is 14.4 Å². The van der Waals surface area contributed by atoms with Crippen LogP contribution in [-0.4, -0.2) is 67.7 Å². The molecule has 130 valence electrons. The molecule has 0 bridgehead atoms. The second kappa shape index (κ2) is 13.2. The summed E-state index contributed by atoms with van der Waals surface area (Å²) in [4.78, 5) is 38.6. The number of ketones is 1. The zero-order chi connectivity index (χ0) is 17.7. The number of amides is 2. The highest BCUT2D eigenvalue weighted by Crippen LogP contribution is 2.07. The summed E-state index contributed by atoms with van der Waals surface area (Å²) in [5.41, 5.74) is 0. The summed E-state index contributed by atoms with van der Waals surface area (Å²) in [6.07, 6.45) is 1.16. The summed E-state index contributed by atoms with van der Waals surface area (Å²) in [5.74, 6) is -0.482. The second-order valence-corrected chi connectivity index (χ2v) is 5.27. The molecule has 22 heavy (non-hydrogen) atoms. The third-order valence-electron chi connectivity index (χ3n) is 2.97. The molecule has 0 aliphatic heterocycles.